The molecule has 0 aliphatic carbocycles. The van der Waals surface area contributed by atoms with E-state index in [0.717, 1.165) is 16.1 Å². The van der Waals surface area contributed by atoms with Crippen LogP contribution in [0.2, 0.25) is 0 Å². The Hall–Kier alpha value is -2.87. The minimum Gasteiger partial charge on any atom is -0.354 e. The van der Waals surface area contributed by atoms with Crippen molar-refractivity contribution in [3.05, 3.63) is 66.2 Å². The van der Waals surface area contributed by atoms with Gasteiger partial charge in [-0.15, -0.1) is 0 Å². The number of anilines is 1. The van der Waals surface area contributed by atoms with Crippen molar-refractivity contribution in [3.63, 3.8) is 0 Å². The minimum absolute atomic E-state index is 0.224. The number of carbonyl (C=O) groups excluding carboxylic acids is 2. The maximum Gasteiger partial charge on any atom is 0.244 e. The van der Waals surface area contributed by atoms with E-state index in [2.05, 4.69) is 5.32 Å². The van der Waals surface area contributed by atoms with E-state index in [1.165, 1.54) is 4.90 Å². The van der Waals surface area contributed by atoms with Crippen LogP contribution in [0.1, 0.15) is 32.8 Å². The summed E-state index contributed by atoms with van der Waals surface area (Å²) >= 11 is 0. The molecule has 180 valence electrons. The molecule has 0 aromatic heterocycles. The summed E-state index contributed by atoms with van der Waals surface area (Å²) < 4.78 is 26.1. The maximum absolute atomic E-state index is 13.5. The van der Waals surface area contributed by atoms with E-state index in [4.69, 9.17) is 0 Å². The van der Waals surface area contributed by atoms with Crippen molar-refractivity contribution in [2.24, 2.45) is 5.92 Å². The topological polar surface area (TPSA) is 86.8 Å². The Balaban J connectivity index is 2.31. The Kier molecular flexibility index (Phi) is 9.91. The summed E-state index contributed by atoms with van der Waals surface area (Å²) in [6.45, 7) is 6.31. The van der Waals surface area contributed by atoms with Crippen LogP contribution in [0.4, 0.5) is 5.69 Å². The van der Waals surface area contributed by atoms with Crippen LogP contribution in [-0.4, -0.2) is 57.1 Å². The number of nitrogens with zero attached hydrogens (tertiary/aromatic N) is 2. The molecule has 0 unspecified atom stereocenters. The zero-order valence-corrected chi connectivity index (χ0v) is 20.7. The van der Waals surface area contributed by atoms with Crippen LogP contribution in [0.3, 0.4) is 0 Å². The fraction of sp³-hybridized carbons (Fsp3) is 0.440. The lowest BCUT2D eigenvalue weighted by Gasteiger charge is -2.33. The molecule has 0 aliphatic heterocycles. The third-order valence-corrected chi connectivity index (χ3v) is 6.42. The van der Waals surface area contributed by atoms with Gasteiger partial charge in [-0.25, -0.2) is 8.42 Å². The van der Waals surface area contributed by atoms with Crippen molar-refractivity contribution in [1.29, 1.82) is 0 Å². The van der Waals surface area contributed by atoms with Gasteiger partial charge in [0.05, 0.1) is 11.9 Å². The second-order valence-corrected chi connectivity index (χ2v) is 10.4. The van der Waals surface area contributed by atoms with Crippen molar-refractivity contribution in [2.45, 2.75) is 39.7 Å². The van der Waals surface area contributed by atoms with Crippen molar-refractivity contribution >= 4 is 27.5 Å². The van der Waals surface area contributed by atoms with Gasteiger partial charge in [0.2, 0.25) is 21.8 Å². The van der Waals surface area contributed by atoms with Gasteiger partial charge >= 0.3 is 0 Å². The maximum atomic E-state index is 13.5. The Labute approximate surface area is 197 Å². The summed E-state index contributed by atoms with van der Waals surface area (Å²) in [7, 11) is -3.70. The molecular formula is C25H35N3O4S. The summed E-state index contributed by atoms with van der Waals surface area (Å²) in [5, 5.41) is 2.92. The average Bonchev–Trinajstić information content (AvgIpc) is 2.79. The highest BCUT2D eigenvalue weighted by Gasteiger charge is 2.31. The van der Waals surface area contributed by atoms with Gasteiger partial charge in [-0.05, 0) is 36.5 Å². The Morgan fingerprint density at radius 2 is 1.55 bits per heavy atom. The van der Waals surface area contributed by atoms with Crippen LogP contribution in [0.15, 0.2) is 60.7 Å². The molecule has 0 bridgehead atoms. The summed E-state index contributed by atoms with van der Waals surface area (Å²) in [5.41, 5.74) is 1.45. The average molecular weight is 474 g/mol. The third kappa shape index (κ3) is 8.20. The van der Waals surface area contributed by atoms with Crippen LogP contribution in [0.5, 0.6) is 0 Å². The number of benzene rings is 2. The van der Waals surface area contributed by atoms with E-state index in [-0.39, 0.29) is 18.4 Å². The number of para-hydroxylation sites is 1. The van der Waals surface area contributed by atoms with Gasteiger partial charge in [0, 0.05) is 13.1 Å². The molecule has 1 N–H and O–H groups in total. The molecule has 0 fully saturated rings. The molecule has 2 aromatic carbocycles. The number of hydrogen-bond acceptors (Lipinski definition) is 4. The predicted molar refractivity (Wildman–Crippen MR) is 132 cm³/mol. The second-order valence-electron chi connectivity index (χ2n) is 8.49. The van der Waals surface area contributed by atoms with Gasteiger partial charge in [0.1, 0.15) is 12.6 Å². The molecule has 0 radical (unpaired) electrons. The number of rotatable bonds is 12. The Morgan fingerprint density at radius 3 is 2.06 bits per heavy atom. The molecule has 2 aromatic rings. The summed E-state index contributed by atoms with van der Waals surface area (Å²) in [6, 6.07) is 17.5. The fourth-order valence-electron chi connectivity index (χ4n) is 3.53. The van der Waals surface area contributed by atoms with Gasteiger partial charge in [0.15, 0.2) is 0 Å². The van der Waals surface area contributed by atoms with Gasteiger partial charge < -0.3 is 10.2 Å². The first-order chi connectivity index (χ1) is 15.6. The van der Waals surface area contributed by atoms with Crippen LogP contribution in [0.25, 0.3) is 0 Å². The molecular weight excluding hydrogens is 438 g/mol. The molecule has 2 amide bonds. The van der Waals surface area contributed by atoms with Crippen LogP contribution < -0.4 is 9.62 Å². The monoisotopic (exact) mass is 473 g/mol. The van der Waals surface area contributed by atoms with Crippen LogP contribution >= 0.6 is 0 Å². The van der Waals surface area contributed by atoms with Crippen molar-refractivity contribution in [3.8, 4) is 0 Å². The fourth-order valence-corrected chi connectivity index (χ4v) is 4.38. The second kappa shape index (κ2) is 12.4. The van der Waals surface area contributed by atoms with E-state index < -0.39 is 22.0 Å². The largest absolute Gasteiger partial charge is 0.354 e. The predicted octanol–water partition coefficient (Wildman–Crippen LogP) is 3.07. The van der Waals surface area contributed by atoms with Crippen molar-refractivity contribution in [2.75, 3.05) is 30.2 Å². The standard InChI is InChI=1S/C25H35N3O4S/c1-5-23(25(30)26-18-20(2)3)27(17-16-21-12-8-6-9-13-21)24(29)19-28(33(4,31)32)22-14-10-7-11-15-22/h6-15,20,23H,5,16-19H2,1-4H3,(H,26,30)/t23-/m0/s1. The summed E-state index contributed by atoms with van der Waals surface area (Å²) in [4.78, 5) is 27.9. The highest BCUT2D eigenvalue weighted by Crippen LogP contribution is 2.18. The number of nitrogens with one attached hydrogen (secondary N) is 1. The summed E-state index contributed by atoms with van der Waals surface area (Å²) in [6.07, 6.45) is 2.06. The van der Waals surface area contributed by atoms with E-state index in [0.29, 0.717) is 31.6 Å². The van der Waals surface area contributed by atoms with E-state index in [9.17, 15) is 18.0 Å². The van der Waals surface area contributed by atoms with Crippen LogP contribution in [0, 0.1) is 5.92 Å². The lowest BCUT2D eigenvalue weighted by Crippen LogP contribution is -2.53. The Morgan fingerprint density at radius 1 is 0.970 bits per heavy atom. The molecule has 0 spiro atoms. The van der Waals surface area contributed by atoms with E-state index in [1.54, 1.807) is 30.3 Å². The molecule has 0 saturated carbocycles. The molecule has 1 atom stereocenters. The van der Waals surface area contributed by atoms with Gasteiger partial charge in [-0.2, -0.15) is 0 Å². The highest BCUT2D eigenvalue weighted by atomic mass is 32.2. The van der Waals surface area contributed by atoms with Gasteiger partial charge in [0.25, 0.3) is 0 Å². The first-order valence-electron chi connectivity index (χ1n) is 11.3. The number of hydrogen-bond donors (Lipinski definition) is 1. The normalized spacial score (nSPS) is 12.3. The summed E-state index contributed by atoms with van der Waals surface area (Å²) in [5.74, 6) is -0.358. The van der Waals surface area contributed by atoms with Gasteiger partial charge in [-0.3, -0.25) is 13.9 Å². The van der Waals surface area contributed by atoms with Crippen molar-refractivity contribution in [1.82, 2.24) is 10.2 Å². The number of carbonyl (C=O) groups is 2. The first-order valence-corrected chi connectivity index (χ1v) is 13.1. The molecule has 2 rings (SSSR count). The molecule has 0 aliphatic rings. The highest BCUT2D eigenvalue weighted by molar-refractivity contribution is 7.92. The first kappa shape index (κ1) is 26.4. The van der Waals surface area contributed by atoms with E-state index >= 15 is 0 Å². The molecule has 0 heterocycles. The third-order valence-electron chi connectivity index (χ3n) is 5.28. The van der Waals surface area contributed by atoms with Crippen LogP contribution in [-0.2, 0) is 26.0 Å². The van der Waals surface area contributed by atoms with E-state index in [1.807, 2.05) is 51.1 Å². The molecule has 8 heteroatoms. The Bertz CT molecular complexity index is 995. The minimum atomic E-state index is -3.70. The van der Waals surface area contributed by atoms with Gasteiger partial charge in [-0.1, -0.05) is 69.3 Å². The zero-order chi connectivity index (χ0) is 24.4. The lowest BCUT2D eigenvalue weighted by molar-refractivity contribution is -0.139. The molecule has 33 heavy (non-hydrogen) atoms. The van der Waals surface area contributed by atoms with Crippen molar-refractivity contribution < 1.29 is 18.0 Å². The number of sulfonamides is 1. The molecule has 0 saturated heterocycles. The quantitative estimate of drug-likeness (QED) is 0.513. The SMILES string of the molecule is CC[C@@H](C(=O)NCC(C)C)N(CCc1ccccc1)C(=O)CN(c1ccccc1)S(C)(=O)=O. The zero-order valence-electron chi connectivity index (χ0n) is 19.9. The molecule has 7 nitrogen and oxygen atoms in total. The number of amides is 2. The lowest BCUT2D eigenvalue weighted by atomic mass is 10.1. The smallest absolute Gasteiger partial charge is 0.244 e.